The summed E-state index contributed by atoms with van der Waals surface area (Å²) in [5, 5.41) is 21.8. The van der Waals surface area contributed by atoms with Crippen LogP contribution in [0.25, 0.3) is 0 Å². The Morgan fingerprint density at radius 3 is 2.55 bits per heavy atom. The number of aliphatic hydroxyl groups excluding tert-OH is 2. The number of allylic oxidation sites excluding steroid dienone is 4. The van der Waals surface area contributed by atoms with Gasteiger partial charge in [-0.15, -0.1) is 0 Å². The molecule has 0 radical (unpaired) electrons. The number of ketones is 2. The van der Waals surface area contributed by atoms with Crippen LogP contribution in [0.1, 0.15) is 56.1 Å². The fourth-order valence-electron chi connectivity index (χ4n) is 9.45. The molecule has 1 saturated heterocycles. The van der Waals surface area contributed by atoms with Crippen molar-refractivity contribution in [3.05, 3.63) is 89.0 Å². The summed E-state index contributed by atoms with van der Waals surface area (Å²) in [4.78, 5) is 25.8. The lowest BCUT2D eigenvalue weighted by Gasteiger charge is -2.63. The largest absolute Gasteiger partial charge is 0.399 e. The zero-order valence-electron chi connectivity index (χ0n) is 24.7. The topological polar surface area (TPSA) is 119 Å². The van der Waals surface area contributed by atoms with Crippen LogP contribution in [-0.2, 0) is 25.5 Å². The number of Topliss-reactive ketones (excluding diaryl/α,β-unsaturated/α-hetero) is 1. The van der Waals surface area contributed by atoms with Crippen LogP contribution in [0.5, 0.6) is 0 Å². The Bertz CT molecular complexity index is 1590. The SMILES string of the molecule is C[C@]12C=CC(=O)C=C1[C@@H](F)C[C@H]1[C@@H]3CC4OC(c5ccc(Cc6cccc(N)c6)cc5)O[C@@]4(C(=O)CO)[C@@]3(C)C[C@H](O)[C@@]12F. The van der Waals surface area contributed by atoms with Crippen molar-refractivity contribution in [3.63, 3.8) is 0 Å². The van der Waals surface area contributed by atoms with Crippen molar-refractivity contribution in [2.75, 3.05) is 12.3 Å². The number of benzene rings is 2. The average molecular weight is 606 g/mol. The van der Waals surface area contributed by atoms with Crippen molar-refractivity contribution in [2.45, 2.75) is 75.5 Å². The molecule has 0 spiro atoms. The van der Waals surface area contributed by atoms with Gasteiger partial charge in [0.2, 0.25) is 0 Å². The standard InChI is InChI=1S/C35H37F2NO6/c1-32-11-10-23(40)14-26(32)27(36)15-25-24-16-30-35(29(42)18-39,33(24,2)17-28(41)34(25,32)37)44-31(43-30)21-8-6-19(7-9-21)12-20-4-3-5-22(38)13-20/h3-11,13-14,24-25,27-28,30-31,39,41H,12,15-18,38H2,1-2H3/t24-,25-,27-,28-,30?,31?,32-,33-,34-,35+/m0/s1. The summed E-state index contributed by atoms with van der Waals surface area (Å²) in [6.07, 6.45) is -0.720. The van der Waals surface area contributed by atoms with Gasteiger partial charge in [-0.05, 0) is 79.5 Å². The molecule has 44 heavy (non-hydrogen) atoms. The molecule has 5 aliphatic rings. The molecule has 9 heteroatoms. The highest BCUT2D eigenvalue weighted by Crippen LogP contribution is 2.72. The van der Waals surface area contributed by atoms with Crippen molar-refractivity contribution >= 4 is 17.3 Å². The van der Waals surface area contributed by atoms with E-state index in [4.69, 9.17) is 15.2 Å². The van der Waals surface area contributed by atoms with Crippen molar-refractivity contribution < 1.29 is 38.1 Å². The minimum absolute atomic E-state index is 0.0393. The van der Waals surface area contributed by atoms with Crippen LogP contribution in [0.2, 0.25) is 0 Å². The number of anilines is 1. The number of ether oxygens (including phenoxy) is 2. The average Bonchev–Trinajstić information content (AvgIpc) is 3.49. The molecular weight excluding hydrogens is 568 g/mol. The maximum absolute atomic E-state index is 17.5. The van der Waals surface area contributed by atoms with E-state index >= 15 is 8.78 Å². The highest BCUT2D eigenvalue weighted by Gasteiger charge is 2.80. The number of halogens is 2. The first-order valence-electron chi connectivity index (χ1n) is 15.2. The van der Waals surface area contributed by atoms with Crippen LogP contribution >= 0.6 is 0 Å². The van der Waals surface area contributed by atoms with Crippen LogP contribution in [0.3, 0.4) is 0 Å². The van der Waals surface area contributed by atoms with E-state index in [2.05, 4.69) is 0 Å². The Morgan fingerprint density at radius 2 is 1.84 bits per heavy atom. The lowest BCUT2D eigenvalue weighted by molar-refractivity contribution is -0.235. The predicted molar refractivity (Wildman–Crippen MR) is 158 cm³/mol. The van der Waals surface area contributed by atoms with E-state index in [0.29, 0.717) is 17.7 Å². The van der Waals surface area contributed by atoms with Gasteiger partial charge in [0.25, 0.3) is 0 Å². The van der Waals surface area contributed by atoms with Gasteiger partial charge in [0.05, 0.1) is 12.2 Å². The molecule has 2 aromatic carbocycles. The van der Waals surface area contributed by atoms with Crippen molar-refractivity contribution in [3.8, 4) is 0 Å². The van der Waals surface area contributed by atoms with Crippen LogP contribution in [0.4, 0.5) is 14.5 Å². The van der Waals surface area contributed by atoms with E-state index in [1.807, 2.05) is 48.5 Å². The molecule has 10 atom stereocenters. The van der Waals surface area contributed by atoms with E-state index in [0.717, 1.165) is 17.2 Å². The third-order valence-electron chi connectivity index (χ3n) is 11.5. The Kier molecular flexibility index (Phi) is 6.62. The van der Waals surface area contributed by atoms with Crippen LogP contribution < -0.4 is 5.73 Å². The fraction of sp³-hybridized carbons (Fsp3) is 0.486. The summed E-state index contributed by atoms with van der Waals surface area (Å²) < 4.78 is 46.3. The molecule has 1 aliphatic heterocycles. The number of alkyl halides is 2. The van der Waals surface area contributed by atoms with Gasteiger partial charge in [-0.3, -0.25) is 9.59 Å². The van der Waals surface area contributed by atoms with Gasteiger partial charge in [0, 0.05) is 28.0 Å². The zero-order chi connectivity index (χ0) is 31.2. The van der Waals surface area contributed by atoms with Gasteiger partial charge in [-0.1, -0.05) is 49.4 Å². The molecule has 0 amide bonds. The van der Waals surface area contributed by atoms with E-state index in [-0.39, 0.29) is 24.8 Å². The third kappa shape index (κ3) is 3.79. The molecule has 0 aromatic heterocycles. The van der Waals surface area contributed by atoms with Crippen molar-refractivity contribution in [1.82, 2.24) is 0 Å². The summed E-state index contributed by atoms with van der Waals surface area (Å²) in [7, 11) is 0. The van der Waals surface area contributed by atoms with E-state index in [1.165, 1.54) is 19.1 Å². The smallest absolute Gasteiger partial charge is 0.193 e. The van der Waals surface area contributed by atoms with Crippen LogP contribution in [0, 0.1) is 22.7 Å². The number of carbonyl (C=O) groups excluding carboxylic acids is 2. The highest BCUT2D eigenvalue weighted by atomic mass is 19.1. The number of hydrogen-bond acceptors (Lipinski definition) is 7. The number of rotatable bonds is 5. The second kappa shape index (κ2) is 9.88. The molecule has 2 unspecified atom stereocenters. The predicted octanol–water partition coefficient (Wildman–Crippen LogP) is 4.50. The molecule has 4 aliphatic carbocycles. The van der Waals surface area contributed by atoms with Gasteiger partial charge in [0.1, 0.15) is 12.8 Å². The van der Waals surface area contributed by atoms with Gasteiger partial charge in [-0.25, -0.2) is 8.78 Å². The number of hydrogen-bond donors (Lipinski definition) is 3. The second-order valence-corrected chi connectivity index (χ2v) is 13.6. The summed E-state index contributed by atoms with van der Waals surface area (Å²) >= 11 is 0. The minimum Gasteiger partial charge on any atom is -0.399 e. The zero-order valence-corrected chi connectivity index (χ0v) is 24.7. The van der Waals surface area contributed by atoms with Gasteiger partial charge >= 0.3 is 0 Å². The summed E-state index contributed by atoms with van der Waals surface area (Å²) in [6.45, 7) is 2.49. The molecule has 4 fully saturated rings. The Hall–Kier alpha value is -3.24. The lowest BCUT2D eigenvalue weighted by atomic mass is 9.44. The van der Waals surface area contributed by atoms with Crippen LogP contribution in [0.15, 0.2) is 72.3 Å². The van der Waals surface area contributed by atoms with Gasteiger partial charge < -0.3 is 25.4 Å². The normalized spacial score (nSPS) is 42.2. The molecule has 1 heterocycles. The first kappa shape index (κ1) is 29.5. The number of aliphatic hydroxyl groups is 2. The molecule has 7 nitrogen and oxygen atoms in total. The lowest BCUT2D eigenvalue weighted by Crippen LogP contribution is -2.70. The van der Waals surface area contributed by atoms with Crippen molar-refractivity contribution in [1.29, 1.82) is 0 Å². The molecule has 2 aromatic rings. The molecule has 232 valence electrons. The quantitative estimate of drug-likeness (QED) is 0.430. The number of nitrogen functional groups attached to an aromatic ring is 1. The second-order valence-electron chi connectivity index (χ2n) is 13.6. The van der Waals surface area contributed by atoms with Crippen molar-refractivity contribution in [2.24, 2.45) is 22.7 Å². The number of nitrogens with two attached hydrogens (primary N) is 1. The molecule has 0 bridgehead atoms. The summed E-state index contributed by atoms with van der Waals surface area (Å²) in [5.74, 6) is -2.60. The van der Waals surface area contributed by atoms with Crippen LogP contribution in [-0.4, -0.2) is 58.0 Å². The Balaban J connectivity index is 1.21. The Morgan fingerprint density at radius 1 is 1.09 bits per heavy atom. The Labute approximate surface area is 254 Å². The number of carbonyl (C=O) groups is 2. The monoisotopic (exact) mass is 605 g/mol. The maximum Gasteiger partial charge on any atom is 0.193 e. The maximum atomic E-state index is 17.5. The van der Waals surface area contributed by atoms with Gasteiger partial charge in [-0.2, -0.15) is 0 Å². The molecule has 4 N–H and O–H groups in total. The van der Waals surface area contributed by atoms with Gasteiger partial charge in [0.15, 0.2) is 29.1 Å². The number of fused-ring (bicyclic) bond motifs is 7. The summed E-state index contributed by atoms with van der Waals surface area (Å²) in [6, 6.07) is 15.3. The molecule has 7 rings (SSSR count). The van der Waals surface area contributed by atoms with E-state index in [9.17, 15) is 19.8 Å². The first-order valence-corrected chi connectivity index (χ1v) is 15.2. The summed E-state index contributed by atoms with van der Waals surface area (Å²) in [5.41, 5.74) is 2.78. The van der Waals surface area contributed by atoms with E-state index < -0.39 is 76.8 Å². The molecule has 3 saturated carbocycles. The van der Waals surface area contributed by atoms with E-state index in [1.54, 1.807) is 6.92 Å². The highest BCUT2D eigenvalue weighted by molar-refractivity contribution is 6.01. The molecular formula is C35H37F2NO6. The third-order valence-corrected chi connectivity index (χ3v) is 11.5. The minimum atomic E-state index is -2.29. The fourth-order valence-corrected chi connectivity index (χ4v) is 9.45. The first-order chi connectivity index (χ1) is 20.9.